The third-order valence-electron chi connectivity index (χ3n) is 4.35. The first-order valence-electron chi connectivity index (χ1n) is 9.29. The Morgan fingerprint density at radius 3 is 2.37 bits per heavy atom. The molecule has 0 heterocycles. The van der Waals surface area contributed by atoms with Crippen LogP contribution >= 0.6 is 0 Å². The molecule has 6 heteroatoms. The number of amides is 1. The lowest BCUT2D eigenvalue weighted by Gasteiger charge is -2.13. The fraction of sp³-hybridized carbons (Fsp3) is 0.208. The molecule has 0 aromatic heterocycles. The van der Waals surface area contributed by atoms with Gasteiger partial charge in [-0.15, -0.1) is 6.58 Å². The molecule has 0 saturated heterocycles. The molecule has 0 bridgehead atoms. The van der Waals surface area contributed by atoms with E-state index >= 15 is 0 Å². The second-order valence-corrected chi connectivity index (χ2v) is 6.74. The Morgan fingerprint density at radius 1 is 1.13 bits per heavy atom. The third kappa shape index (κ3) is 5.36. The lowest BCUT2D eigenvalue weighted by molar-refractivity contribution is -0.116. The Kier molecular flexibility index (Phi) is 7.54. The van der Waals surface area contributed by atoms with Gasteiger partial charge in [0.05, 0.1) is 12.7 Å². The van der Waals surface area contributed by atoms with Crippen LogP contribution < -0.4 is 14.8 Å². The zero-order chi connectivity index (χ0) is 22.3. The van der Waals surface area contributed by atoms with Crippen molar-refractivity contribution in [1.82, 2.24) is 5.32 Å². The molecule has 1 amide bonds. The third-order valence-corrected chi connectivity index (χ3v) is 4.35. The number of hydrogen-bond acceptors (Lipinski definition) is 5. The molecular formula is C24H24N2O4. The highest BCUT2D eigenvalue weighted by molar-refractivity contribution is 6.01. The van der Waals surface area contributed by atoms with Gasteiger partial charge in [0.2, 0.25) is 0 Å². The molecule has 0 radical (unpaired) electrons. The molecular weight excluding hydrogens is 380 g/mol. The van der Waals surface area contributed by atoms with E-state index in [9.17, 15) is 14.9 Å². The maximum atomic E-state index is 12.7. The first-order chi connectivity index (χ1) is 14.3. The minimum absolute atomic E-state index is 0.0606. The fourth-order valence-electron chi connectivity index (χ4n) is 3.09. The van der Waals surface area contributed by atoms with E-state index in [1.54, 1.807) is 18.2 Å². The van der Waals surface area contributed by atoms with Crippen molar-refractivity contribution in [2.24, 2.45) is 0 Å². The van der Waals surface area contributed by atoms with E-state index in [4.69, 9.17) is 9.47 Å². The van der Waals surface area contributed by atoms with E-state index in [0.29, 0.717) is 16.9 Å². The maximum Gasteiger partial charge on any atom is 0.344 e. The molecule has 0 spiro atoms. The van der Waals surface area contributed by atoms with Gasteiger partial charge >= 0.3 is 5.97 Å². The molecule has 2 rings (SSSR count). The Morgan fingerprint density at radius 2 is 1.80 bits per heavy atom. The summed E-state index contributed by atoms with van der Waals surface area (Å²) in [6.45, 7) is 9.47. The first kappa shape index (κ1) is 22.4. The van der Waals surface area contributed by atoms with E-state index in [1.807, 2.05) is 39.0 Å². The molecule has 6 nitrogen and oxygen atoms in total. The van der Waals surface area contributed by atoms with Gasteiger partial charge in [-0.25, -0.2) is 4.79 Å². The number of hydrogen-bond donors (Lipinski definition) is 1. The van der Waals surface area contributed by atoms with Crippen LogP contribution in [0.25, 0.3) is 6.08 Å². The zero-order valence-corrected chi connectivity index (χ0v) is 17.5. The Bertz CT molecular complexity index is 1040. The number of aryl methyl sites for hydroxylation is 3. The number of carbonyl (C=O) groups excluding carboxylic acids is 2. The van der Waals surface area contributed by atoms with E-state index in [-0.39, 0.29) is 17.9 Å². The second-order valence-electron chi connectivity index (χ2n) is 6.74. The van der Waals surface area contributed by atoms with Gasteiger partial charge < -0.3 is 14.8 Å². The quantitative estimate of drug-likeness (QED) is 0.247. The number of ether oxygens (including phenoxy) is 2. The number of rotatable bonds is 7. The van der Waals surface area contributed by atoms with E-state index in [0.717, 1.165) is 16.7 Å². The van der Waals surface area contributed by atoms with Crippen LogP contribution in [0.4, 0.5) is 0 Å². The highest BCUT2D eigenvalue weighted by atomic mass is 16.6. The van der Waals surface area contributed by atoms with E-state index in [2.05, 4.69) is 11.9 Å². The van der Waals surface area contributed by atoms with Crippen molar-refractivity contribution in [1.29, 1.82) is 5.26 Å². The van der Waals surface area contributed by atoms with Gasteiger partial charge in [-0.1, -0.05) is 29.8 Å². The minimum atomic E-state index is -0.503. The lowest BCUT2D eigenvalue weighted by atomic mass is 10.00. The summed E-state index contributed by atoms with van der Waals surface area (Å²) in [4.78, 5) is 24.7. The van der Waals surface area contributed by atoms with Crippen LogP contribution in [0.1, 0.15) is 32.6 Å². The van der Waals surface area contributed by atoms with Crippen LogP contribution in [-0.2, 0) is 4.79 Å². The molecule has 0 fully saturated rings. The molecule has 1 N–H and O–H groups in total. The van der Waals surface area contributed by atoms with Crippen molar-refractivity contribution in [3.05, 3.63) is 76.4 Å². The van der Waals surface area contributed by atoms with Crippen molar-refractivity contribution in [2.45, 2.75) is 20.8 Å². The standard InChI is InChI=1S/C24H24N2O4/c1-6-9-26-23(27)19(14-25)12-18-7-8-20(21(13-18)29-5)30-24(28)22-16(3)10-15(2)11-17(22)4/h6-8,10-13H,1,9H2,2-5H3,(H,26,27)/b19-12-. The summed E-state index contributed by atoms with van der Waals surface area (Å²) < 4.78 is 10.9. The summed E-state index contributed by atoms with van der Waals surface area (Å²) in [5.74, 6) is -0.428. The van der Waals surface area contributed by atoms with Crippen LogP contribution in [0.15, 0.2) is 48.6 Å². The molecule has 2 aromatic rings. The van der Waals surface area contributed by atoms with Gasteiger partial charge in [0.15, 0.2) is 11.5 Å². The van der Waals surface area contributed by atoms with Crippen molar-refractivity contribution >= 4 is 18.0 Å². The number of nitrogens with one attached hydrogen (secondary N) is 1. The van der Waals surface area contributed by atoms with Crippen LogP contribution in [0.3, 0.4) is 0 Å². The van der Waals surface area contributed by atoms with Gasteiger partial charge in [-0.05, 0) is 55.7 Å². The largest absolute Gasteiger partial charge is 0.493 e. The Balaban J connectivity index is 2.31. The molecule has 0 unspecified atom stereocenters. The molecule has 0 atom stereocenters. The van der Waals surface area contributed by atoms with Gasteiger partial charge in [0.1, 0.15) is 11.6 Å². The zero-order valence-electron chi connectivity index (χ0n) is 17.5. The topological polar surface area (TPSA) is 88.4 Å². The highest BCUT2D eigenvalue weighted by Crippen LogP contribution is 2.30. The summed E-state index contributed by atoms with van der Waals surface area (Å²) in [7, 11) is 1.45. The number of carbonyl (C=O) groups is 2. The predicted molar refractivity (Wildman–Crippen MR) is 115 cm³/mol. The van der Waals surface area contributed by atoms with E-state index in [1.165, 1.54) is 19.3 Å². The predicted octanol–water partition coefficient (Wildman–Crippen LogP) is 4.05. The summed E-state index contributed by atoms with van der Waals surface area (Å²) in [6, 6.07) is 10.5. The molecule has 0 aliphatic rings. The lowest BCUT2D eigenvalue weighted by Crippen LogP contribution is -2.24. The Hall–Kier alpha value is -3.85. The van der Waals surface area contributed by atoms with Crippen LogP contribution in [0.2, 0.25) is 0 Å². The van der Waals surface area contributed by atoms with Crippen LogP contribution in [-0.4, -0.2) is 25.5 Å². The SMILES string of the molecule is C=CCNC(=O)/C(C#N)=C\c1ccc(OC(=O)c2c(C)cc(C)cc2C)c(OC)c1. The normalized spacial score (nSPS) is 10.7. The van der Waals surface area contributed by atoms with Gasteiger partial charge in [0.25, 0.3) is 5.91 Å². The molecule has 2 aromatic carbocycles. The second kappa shape index (κ2) is 10.1. The number of benzene rings is 2. The molecule has 0 saturated carbocycles. The number of esters is 1. The maximum absolute atomic E-state index is 12.7. The molecule has 154 valence electrons. The van der Waals surface area contributed by atoms with Gasteiger partial charge in [-0.3, -0.25) is 4.79 Å². The Labute approximate surface area is 176 Å². The highest BCUT2D eigenvalue weighted by Gasteiger charge is 2.18. The van der Waals surface area contributed by atoms with Crippen molar-refractivity contribution in [2.75, 3.05) is 13.7 Å². The van der Waals surface area contributed by atoms with Gasteiger partial charge in [-0.2, -0.15) is 5.26 Å². The van der Waals surface area contributed by atoms with Crippen molar-refractivity contribution < 1.29 is 19.1 Å². The van der Waals surface area contributed by atoms with Gasteiger partial charge in [0, 0.05) is 6.54 Å². The number of nitrogens with zero attached hydrogens (tertiary/aromatic N) is 1. The summed E-state index contributed by atoms with van der Waals surface area (Å²) in [5, 5.41) is 11.8. The smallest absolute Gasteiger partial charge is 0.344 e. The van der Waals surface area contributed by atoms with Crippen molar-refractivity contribution in [3.8, 4) is 17.6 Å². The van der Waals surface area contributed by atoms with Crippen LogP contribution in [0, 0.1) is 32.1 Å². The summed E-state index contributed by atoms with van der Waals surface area (Å²) >= 11 is 0. The monoisotopic (exact) mass is 404 g/mol. The van der Waals surface area contributed by atoms with E-state index < -0.39 is 11.9 Å². The average molecular weight is 404 g/mol. The number of nitriles is 1. The van der Waals surface area contributed by atoms with Crippen molar-refractivity contribution in [3.63, 3.8) is 0 Å². The molecule has 0 aliphatic heterocycles. The van der Waals surface area contributed by atoms with Crippen LogP contribution in [0.5, 0.6) is 11.5 Å². The summed E-state index contributed by atoms with van der Waals surface area (Å²) in [5.41, 5.74) is 3.74. The first-order valence-corrected chi connectivity index (χ1v) is 9.29. The minimum Gasteiger partial charge on any atom is -0.493 e. The average Bonchev–Trinajstić information content (AvgIpc) is 2.70. The molecule has 30 heavy (non-hydrogen) atoms. The summed E-state index contributed by atoms with van der Waals surface area (Å²) in [6.07, 6.45) is 2.96. The fourth-order valence-corrected chi connectivity index (χ4v) is 3.09. The number of methoxy groups -OCH3 is 1. The molecule has 0 aliphatic carbocycles.